The Morgan fingerprint density at radius 2 is 1.85 bits per heavy atom. The van der Waals surface area contributed by atoms with Gasteiger partial charge in [-0.2, -0.15) is 0 Å². The number of aromatic nitrogens is 2. The molecule has 3 aromatic rings. The van der Waals surface area contributed by atoms with Gasteiger partial charge in [0, 0.05) is 37.7 Å². The first-order valence-electron chi connectivity index (χ1n) is 13.7. The SMILES string of the molecule is CN(C(=O)OC(C)(C)C)c1cc(F)c(F)c2c1[nH]c1ncc(Cl)c(N3CCCC4(CC4NC(=O)OC(C)(C)C)C3)c12. The van der Waals surface area contributed by atoms with Gasteiger partial charge in [0.05, 0.1) is 38.9 Å². The zero-order chi connectivity index (χ0) is 30.1. The molecule has 5 rings (SSSR count). The van der Waals surface area contributed by atoms with Crippen LogP contribution in [0.3, 0.4) is 0 Å². The van der Waals surface area contributed by atoms with Gasteiger partial charge in [-0.1, -0.05) is 11.6 Å². The Morgan fingerprint density at radius 3 is 2.51 bits per heavy atom. The number of anilines is 2. The van der Waals surface area contributed by atoms with Crippen LogP contribution in [0, 0.1) is 17.0 Å². The molecule has 9 nitrogen and oxygen atoms in total. The van der Waals surface area contributed by atoms with E-state index in [0.29, 0.717) is 34.8 Å². The highest BCUT2D eigenvalue weighted by Crippen LogP contribution is 2.54. The first-order valence-corrected chi connectivity index (χ1v) is 14.1. The second kappa shape index (κ2) is 9.89. The molecular weight excluding hydrogens is 556 g/mol. The first kappa shape index (κ1) is 29.2. The largest absolute Gasteiger partial charge is 0.444 e. The molecule has 2 unspecified atom stereocenters. The molecule has 1 saturated heterocycles. The van der Waals surface area contributed by atoms with E-state index >= 15 is 8.78 Å². The summed E-state index contributed by atoms with van der Waals surface area (Å²) in [6, 6.07) is 0.896. The Balaban J connectivity index is 1.54. The predicted octanol–water partition coefficient (Wildman–Crippen LogP) is 6.90. The van der Waals surface area contributed by atoms with Crippen molar-refractivity contribution in [2.45, 2.75) is 78.0 Å². The zero-order valence-corrected chi connectivity index (χ0v) is 25.1. The van der Waals surface area contributed by atoms with Crippen LogP contribution < -0.4 is 15.1 Å². The second-order valence-corrected chi connectivity index (χ2v) is 13.5. The van der Waals surface area contributed by atoms with E-state index in [-0.39, 0.29) is 28.0 Å². The van der Waals surface area contributed by atoms with E-state index in [1.807, 2.05) is 20.8 Å². The second-order valence-electron chi connectivity index (χ2n) is 13.1. The molecule has 2 aromatic heterocycles. The maximum Gasteiger partial charge on any atom is 0.414 e. The van der Waals surface area contributed by atoms with Crippen LogP contribution in [0.4, 0.5) is 29.7 Å². The third-order valence-corrected chi connectivity index (χ3v) is 7.81. The van der Waals surface area contributed by atoms with Crippen molar-refractivity contribution in [3.8, 4) is 0 Å². The van der Waals surface area contributed by atoms with E-state index in [9.17, 15) is 9.59 Å². The van der Waals surface area contributed by atoms with Crippen LogP contribution in [0.25, 0.3) is 21.9 Å². The lowest BCUT2D eigenvalue weighted by Gasteiger charge is -2.36. The van der Waals surface area contributed by atoms with Crippen molar-refractivity contribution >= 4 is 57.1 Å². The van der Waals surface area contributed by atoms with Gasteiger partial charge < -0.3 is 24.7 Å². The number of halogens is 3. The monoisotopic (exact) mass is 591 g/mol. The number of fused-ring (bicyclic) bond motifs is 3. The van der Waals surface area contributed by atoms with Crippen LogP contribution in [0.5, 0.6) is 0 Å². The molecule has 1 aromatic carbocycles. The maximum atomic E-state index is 15.6. The van der Waals surface area contributed by atoms with E-state index < -0.39 is 35.0 Å². The van der Waals surface area contributed by atoms with Gasteiger partial charge in [-0.3, -0.25) is 4.90 Å². The molecule has 1 saturated carbocycles. The van der Waals surface area contributed by atoms with E-state index in [4.69, 9.17) is 21.1 Å². The summed E-state index contributed by atoms with van der Waals surface area (Å²) in [5, 5.41) is 3.56. The van der Waals surface area contributed by atoms with Crippen molar-refractivity contribution in [2.24, 2.45) is 5.41 Å². The lowest BCUT2D eigenvalue weighted by atomic mass is 9.93. The number of aromatic amines is 1. The first-order chi connectivity index (χ1) is 19.0. The Kier molecular flexibility index (Phi) is 7.03. The van der Waals surface area contributed by atoms with Gasteiger partial charge in [0.15, 0.2) is 11.6 Å². The van der Waals surface area contributed by atoms with Gasteiger partial charge in [-0.15, -0.1) is 0 Å². The summed E-state index contributed by atoms with van der Waals surface area (Å²) in [5.41, 5.74) is -0.438. The highest BCUT2D eigenvalue weighted by molar-refractivity contribution is 6.36. The number of carbonyl (C=O) groups excluding carboxylic acids is 2. The molecule has 2 fully saturated rings. The maximum absolute atomic E-state index is 15.6. The topological polar surface area (TPSA) is 99.8 Å². The number of rotatable bonds is 3. The standard InChI is InChI=1S/C29H36ClF2N5O4/c1-27(2,3)40-25(38)34-18-12-29(18)9-8-10-37(14-29)23-15(30)13-33-24-20(23)19-21(32)16(31)11-17(22(19)35-24)36(7)26(39)41-28(4,5)6/h11,13,18H,8-10,12,14H2,1-7H3,(H,33,35)(H,34,38). The number of alkyl carbamates (subject to hydrolysis) is 1. The number of hydrogen-bond donors (Lipinski definition) is 2. The molecule has 0 bridgehead atoms. The Hall–Kier alpha value is -3.34. The number of piperidine rings is 1. The molecular formula is C29H36ClF2N5O4. The smallest absolute Gasteiger partial charge is 0.414 e. The molecule has 0 radical (unpaired) electrons. The highest BCUT2D eigenvalue weighted by Gasteiger charge is 2.57. The molecule has 12 heteroatoms. The summed E-state index contributed by atoms with van der Waals surface area (Å²) in [4.78, 5) is 35.9. The lowest BCUT2D eigenvalue weighted by molar-refractivity contribution is 0.0513. The number of pyridine rings is 1. The molecule has 2 atom stereocenters. The molecule has 2 aliphatic rings. The molecule has 3 heterocycles. The number of ether oxygens (including phenoxy) is 2. The summed E-state index contributed by atoms with van der Waals surface area (Å²) in [5.74, 6) is -2.19. The van der Waals surface area contributed by atoms with Gasteiger partial charge in [0.2, 0.25) is 0 Å². The summed E-state index contributed by atoms with van der Waals surface area (Å²) in [6.45, 7) is 11.8. The van der Waals surface area contributed by atoms with Crippen molar-refractivity contribution in [1.82, 2.24) is 15.3 Å². The van der Waals surface area contributed by atoms with Gasteiger partial charge in [-0.05, 0) is 60.8 Å². The zero-order valence-electron chi connectivity index (χ0n) is 24.4. The van der Waals surface area contributed by atoms with E-state index in [1.54, 1.807) is 20.8 Å². The van der Waals surface area contributed by atoms with Crippen LogP contribution in [0.2, 0.25) is 5.02 Å². The number of benzene rings is 1. The van der Waals surface area contributed by atoms with Crippen molar-refractivity contribution in [1.29, 1.82) is 0 Å². The minimum Gasteiger partial charge on any atom is -0.444 e. The molecule has 222 valence electrons. The summed E-state index contributed by atoms with van der Waals surface area (Å²) < 4.78 is 41.6. The molecule has 1 aliphatic carbocycles. The summed E-state index contributed by atoms with van der Waals surface area (Å²) in [6.07, 6.45) is 2.79. The van der Waals surface area contributed by atoms with Crippen LogP contribution in [-0.4, -0.2) is 59.5 Å². The molecule has 2 N–H and O–H groups in total. The fraction of sp³-hybridized carbons (Fsp3) is 0.552. The lowest BCUT2D eigenvalue weighted by Crippen LogP contribution is -2.42. The van der Waals surface area contributed by atoms with Crippen LogP contribution in [0.1, 0.15) is 60.8 Å². The number of carbonyl (C=O) groups is 2. The number of hydrogen-bond acceptors (Lipinski definition) is 6. The Morgan fingerprint density at radius 1 is 1.17 bits per heavy atom. The van der Waals surface area contributed by atoms with Crippen molar-refractivity contribution < 1.29 is 27.8 Å². The summed E-state index contributed by atoms with van der Waals surface area (Å²) in [7, 11) is 1.44. The van der Waals surface area contributed by atoms with E-state index in [1.165, 1.54) is 13.2 Å². The fourth-order valence-electron chi connectivity index (χ4n) is 5.71. The Labute approximate surface area is 242 Å². The van der Waals surface area contributed by atoms with Crippen LogP contribution in [-0.2, 0) is 9.47 Å². The third kappa shape index (κ3) is 5.60. The van der Waals surface area contributed by atoms with Gasteiger partial charge in [0.1, 0.15) is 16.8 Å². The fourth-order valence-corrected chi connectivity index (χ4v) is 5.97. The van der Waals surface area contributed by atoms with Crippen molar-refractivity contribution in [3.05, 3.63) is 28.9 Å². The van der Waals surface area contributed by atoms with Crippen LogP contribution in [0.15, 0.2) is 12.3 Å². The van der Waals surface area contributed by atoms with Crippen LogP contribution >= 0.6 is 11.6 Å². The minimum absolute atomic E-state index is 0.0470. The Bertz CT molecular complexity index is 1550. The quantitative estimate of drug-likeness (QED) is 0.344. The van der Waals surface area contributed by atoms with Crippen molar-refractivity contribution in [2.75, 3.05) is 29.9 Å². The number of nitrogens with one attached hydrogen (secondary N) is 2. The molecule has 41 heavy (non-hydrogen) atoms. The molecule has 2 amide bonds. The van der Waals surface area contributed by atoms with Gasteiger partial charge in [-0.25, -0.2) is 23.4 Å². The van der Waals surface area contributed by atoms with E-state index in [2.05, 4.69) is 20.2 Å². The average Bonchev–Trinajstić information content (AvgIpc) is 3.31. The van der Waals surface area contributed by atoms with E-state index in [0.717, 1.165) is 30.2 Å². The normalized spacial score (nSPS) is 20.9. The average molecular weight is 592 g/mol. The van der Waals surface area contributed by atoms with Gasteiger partial charge >= 0.3 is 12.2 Å². The predicted molar refractivity (Wildman–Crippen MR) is 155 cm³/mol. The van der Waals surface area contributed by atoms with Crippen molar-refractivity contribution in [3.63, 3.8) is 0 Å². The van der Waals surface area contributed by atoms with Gasteiger partial charge in [0.25, 0.3) is 0 Å². The number of amides is 2. The number of nitrogens with zero attached hydrogens (tertiary/aromatic N) is 3. The molecule has 1 spiro atoms. The third-order valence-electron chi connectivity index (χ3n) is 7.53. The number of H-pyrrole nitrogens is 1. The minimum atomic E-state index is -1.12. The molecule has 1 aliphatic heterocycles. The highest BCUT2D eigenvalue weighted by atomic mass is 35.5. The summed E-state index contributed by atoms with van der Waals surface area (Å²) >= 11 is 6.71.